The molecule has 4 rings (SSSR count). The van der Waals surface area contributed by atoms with Crippen molar-refractivity contribution in [1.82, 2.24) is 19.1 Å². The van der Waals surface area contributed by atoms with Crippen LogP contribution in [0.5, 0.6) is 0 Å². The smallest absolute Gasteiger partial charge is 0.283 e. The Morgan fingerprint density at radius 2 is 1.93 bits per heavy atom. The topological polar surface area (TPSA) is 192 Å². The summed E-state index contributed by atoms with van der Waals surface area (Å²) in [6.45, 7) is -0.481. The fraction of sp³-hybridized carbons (Fsp3) is 0.353. The lowest BCUT2D eigenvalue weighted by Gasteiger charge is -2.17. The van der Waals surface area contributed by atoms with Gasteiger partial charge in [-0.15, -0.1) is 0 Å². The van der Waals surface area contributed by atoms with E-state index in [-0.39, 0.29) is 29.3 Å². The summed E-state index contributed by atoms with van der Waals surface area (Å²) in [7, 11) is 0. The number of ether oxygens (including phenoxy) is 1. The molecule has 0 saturated carbocycles. The van der Waals surface area contributed by atoms with Crippen LogP contribution in [0.3, 0.4) is 0 Å². The molecule has 5 N–H and O–H groups in total. The van der Waals surface area contributed by atoms with Crippen LogP contribution in [0.25, 0.3) is 11.2 Å². The lowest BCUT2D eigenvalue weighted by Crippen LogP contribution is -2.33. The van der Waals surface area contributed by atoms with Gasteiger partial charge in [-0.05, 0) is 5.56 Å². The highest BCUT2D eigenvalue weighted by Crippen LogP contribution is 2.31. The molecule has 0 aliphatic carbocycles. The molecule has 1 aliphatic heterocycles. The fourth-order valence-electron chi connectivity index (χ4n) is 3.37. The summed E-state index contributed by atoms with van der Waals surface area (Å²) in [5.74, 6) is -0.139. The molecule has 13 nitrogen and oxygen atoms in total. The summed E-state index contributed by atoms with van der Waals surface area (Å²) in [5.41, 5.74) is 5.94. The molecular weight excluding hydrogens is 400 g/mol. The van der Waals surface area contributed by atoms with Gasteiger partial charge in [0.15, 0.2) is 17.4 Å². The van der Waals surface area contributed by atoms with Crippen molar-refractivity contribution in [2.45, 2.75) is 31.1 Å². The zero-order valence-electron chi connectivity index (χ0n) is 15.4. The van der Waals surface area contributed by atoms with E-state index < -0.39 is 41.6 Å². The maximum atomic E-state index is 12.9. The number of nitro groups is 1. The highest BCUT2D eigenvalue weighted by atomic mass is 16.6. The molecule has 4 unspecified atom stereocenters. The third kappa shape index (κ3) is 3.19. The molecule has 0 spiro atoms. The van der Waals surface area contributed by atoms with Crippen molar-refractivity contribution >= 4 is 22.8 Å². The molecule has 30 heavy (non-hydrogen) atoms. The lowest BCUT2D eigenvalue weighted by molar-refractivity contribution is -0.384. The number of imidazole rings is 1. The molecule has 0 radical (unpaired) electrons. The number of nitrogen functional groups attached to an aromatic ring is 1. The second-order valence-corrected chi connectivity index (χ2v) is 6.84. The number of aliphatic hydroxyl groups is 3. The summed E-state index contributed by atoms with van der Waals surface area (Å²) >= 11 is 0. The van der Waals surface area contributed by atoms with Gasteiger partial charge in [0.05, 0.1) is 24.4 Å². The lowest BCUT2D eigenvalue weighted by atomic mass is 10.1. The maximum absolute atomic E-state index is 12.9. The third-order valence-corrected chi connectivity index (χ3v) is 4.99. The zero-order valence-corrected chi connectivity index (χ0v) is 15.4. The molecule has 1 fully saturated rings. The monoisotopic (exact) mass is 418 g/mol. The molecule has 0 bridgehead atoms. The van der Waals surface area contributed by atoms with E-state index >= 15 is 0 Å². The largest absolute Gasteiger partial charge is 0.394 e. The molecule has 1 aliphatic rings. The number of hydrogen-bond donors (Lipinski definition) is 4. The Morgan fingerprint density at radius 1 is 1.23 bits per heavy atom. The van der Waals surface area contributed by atoms with E-state index in [0.717, 1.165) is 4.57 Å². The number of hydrogen-bond acceptors (Lipinski definition) is 10. The van der Waals surface area contributed by atoms with Gasteiger partial charge in [-0.3, -0.25) is 24.0 Å². The van der Waals surface area contributed by atoms with E-state index in [2.05, 4.69) is 9.97 Å². The van der Waals surface area contributed by atoms with Gasteiger partial charge in [0.2, 0.25) is 5.95 Å². The van der Waals surface area contributed by atoms with Gasteiger partial charge < -0.3 is 25.8 Å². The molecule has 0 amide bonds. The van der Waals surface area contributed by atoms with Crippen LogP contribution in [-0.4, -0.2) is 64.3 Å². The minimum atomic E-state index is -1.37. The number of aliphatic hydroxyl groups excluding tert-OH is 3. The SMILES string of the molecule is Nc1nc2c(ncn2C2OC(CO)C(O)C2O)c(=O)n1Cc1ccc([N+](=O)[O-])cc1. The van der Waals surface area contributed by atoms with Crippen LogP contribution in [0.1, 0.15) is 11.8 Å². The standard InChI is InChI=1S/C17H18N6O7/c18-17-20-14-11(19-7-22(14)16-13(26)12(25)10(6-24)30-16)15(27)21(17)5-8-1-3-9(4-2-8)23(28)29/h1-4,7,10,12-13,16,24-26H,5-6H2,(H2,18,20). The number of aromatic nitrogens is 4. The van der Waals surface area contributed by atoms with E-state index in [1.807, 2.05) is 0 Å². The van der Waals surface area contributed by atoms with Gasteiger partial charge in [0.1, 0.15) is 18.3 Å². The molecular formula is C17H18N6O7. The van der Waals surface area contributed by atoms with Crippen LogP contribution in [0, 0.1) is 10.1 Å². The van der Waals surface area contributed by atoms with Crippen LogP contribution >= 0.6 is 0 Å². The Morgan fingerprint density at radius 3 is 2.53 bits per heavy atom. The van der Waals surface area contributed by atoms with Crippen molar-refractivity contribution in [2.24, 2.45) is 0 Å². The number of nitro benzene ring substituents is 1. The average Bonchev–Trinajstić information content (AvgIpc) is 3.26. The first-order chi connectivity index (χ1) is 14.3. The highest BCUT2D eigenvalue weighted by Gasteiger charge is 2.44. The number of non-ortho nitro benzene ring substituents is 1. The highest BCUT2D eigenvalue weighted by molar-refractivity contribution is 5.71. The Labute approximate surface area is 167 Å². The first kappa shape index (κ1) is 19.9. The molecule has 3 aromatic rings. The predicted molar refractivity (Wildman–Crippen MR) is 101 cm³/mol. The minimum Gasteiger partial charge on any atom is -0.394 e. The predicted octanol–water partition coefficient (Wildman–Crippen LogP) is -1.26. The molecule has 13 heteroatoms. The number of benzene rings is 1. The fourth-order valence-corrected chi connectivity index (χ4v) is 3.37. The van der Waals surface area contributed by atoms with Gasteiger partial charge in [0, 0.05) is 12.1 Å². The van der Waals surface area contributed by atoms with Gasteiger partial charge in [0.25, 0.3) is 11.2 Å². The molecule has 1 aromatic carbocycles. The van der Waals surface area contributed by atoms with Crippen LogP contribution in [0.2, 0.25) is 0 Å². The van der Waals surface area contributed by atoms with Crippen molar-refractivity contribution in [2.75, 3.05) is 12.3 Å². The van der Waals surface area contributed by atoms with E-state index in [4.69, 9.17) is 10.5 Å². The third-order valence-electron chi connectivity index (χ3n) is 4.99. The summed E-state index contributed by atoms with van der Waals surface area (Å²) in [5, 5.41) is 40.2. The van der Waals surface area contributed by atoms with E-state index in [0.29, 0.717) is 5.56 Å². The maximum Gasteiger partial charge on any atom is 0.283 e. The van der Waals surface area contributed by atoms with E-state index in [1.165, 1.54) is 35.2 Å². The number of rotatable bonds is 5. The van der Waals surface area contributed by atoms with Gasteiger partial charge in [-0.1, -0.05) is 12.1 Å². The van der Waals surface area contributed by atoms with E-state index in [9.17, 15) is 30.2 Å². The molecule has 3 heterocycles. The van der Waals surface area contributed by atoms with Crippen molar-refractivity contribution in [1.29, 1.82) is 0 Å². The van der Waals surface area contributed by atoms with Crippen molar-refractivity contribution in [3.8, 4) is 0 Å². The normalized spacial score (nSPS) is 23.8. The number of nitrogens with two attached hydrogens (primary N) is 1. The first-order valence-electron chi connectivity index (χ1n) is 8.90. The van der Waals surface area contributed by atoms with Crippen LogP contribution in [-0.2, 0) is 11.3 Å². The van der Waals surface area contributed by atoms with Gasteiger partial charge in [-0.25, -0.2) is 4.98 Å². The number of nitrogens with zero attached hydrogens (tertiary/aromatic N) is 5. The van der Waals surface area contributed by atoms with Crippen molar-refractivity contribution < 1.29 is 25.0 Å². The molecule has 1 saturated heterocycles. The molecule has 4 atom stereocenters. The molecule has 158 valence electrons. The Bertz CT molecular complexity index is 1160. The van der Waals surface area contributed by atoms with Crippen LogP contribution in [0.15, 0.2) is 35.4 Å². The summed E-state index contributed by atoms with van der Waals surface area (Å²) in [4.78, 5) is 31.4. The van der Waals surface area contributed by atoms with Crippen molar-refractivity contribution in [3.05, 3.63) is 56.6 Å². The summed E-state index contributed by atoms with van der Waals surface area (Å²) < 4.78 is 7.89. The first-order valence-corrected chi connectivity index (χ1v) is 8.90. The molecule has 2 aromatic heterocycles. The van der Waals surface area contributed by atoms with Gasteiger partial charge >= 0.3 is 0 Å². The minimum absolute atomic E-state index is 0.0202. The van der Waals surface area contributed by atoms with E-state index in [1.54, 1.807) is 0 Å². The van der Waals surface area contributed by atoms with Crippen molar-refractivity contribution in [3.63, 3.8) is 0 Å². The Hall–Kier alpha value is -3.39. The zero-order chi connectivity index (χ0) is 21.6. The summed E-state index contributed by atoms with van der Waals surface area (Å²) in [6.07, 6.45) is -3.57. The Kier molecular flexibility index (Phi) is 4.95. The van der Waals surface area contributed by atoms with Crippen LogP contribution < -0.4 is 11.3 Å². The second-order valence-electron chi connectivity index (χ2n) is 6.84. The van der Waals surface area contributed by atoms with Gasteiger partial charge in [-0.2, -0.15) is 4.98 Å². The second kappa shape index (κ2) is 7.46. The summed E-state index contributed by atoms with van der Waals surface area (Å²) in [6, 6.07) is 5.65. The quantitative estimate of drug-likeness (QED) is 0.287. The van der Waals surface area contributed by atoms with Crippen LogP contribution in [0.4, 0.5) is 11.6 Å². The number of fused-ring (bicyclic) bond motifs is 1. The average molecular weight is 418 g/mol. The number of anilines is 1. The Balaban J connectivity index is 1.70.